The predicted molar refractivity (Wildman–Crippen MR) is 46.8 cm³/mol. The number of carbonyl (C=O) groups is 1. The first-order chi connectivity index (χ1) is 7.63. The highest BCUT2D eigenvalue weighted by molar-refractivity contribution is 5.90. The molecule has 64 valence electrons. The molecule has 1 rings (SSSR count). The molecule has 0 aromatic heterocycles. The summed E-state index contributed by atoms with van der Waals surface area (Å²) in [5, 5.41) is 0. The summed E-state index contributed by atoms with van der Waals surface area (Å²) in [5.74, 6) is -1.07. The molecule has 2 N–H and O–H groups in total. The van der Waals surface area contributed by atoms with E-state index < -0.39 is 19.4 Å². The van der Waals surface area contributed by atoms with Crippen molar-refractivity contribution >= 4 is 11.7 Å². The van der Waals surface area contributed by atoms with E-state index in [1.807, 2.05) is 0 Å². The maximum absolute atomic E-state index is 11.5. The van der Waals surface area contributed by atoms with Crippen LogP contribution in [-0.4, -0.2) is 12.5 Å². The molecule has 0 amide bonds. The number of rotatable bonds is 2. The standard InChI is InChI=1S/C9H11NO2/c1-2-12-9(11)7-4-3-5-8(10)6-7/h3-6H,2,10H2,1H3/i1D3,2D2. The summed E-state index contributed by atoms with van der Waals surface area (Å²) < 4.78 is 39.3. The Labute approximate surface area is 78.2 Å². The van der Waals surface area contributed by atoms with E-state index in [1.54, 1.807) is 0 Å². The van der Waals surface area contributed by atoms with E-state index in [4.69, 9.17) is 12.6 Å². The van der Waals surface area contributed by atoms with Crippen molar-refractivity contribution < 1.29 is 16.4 Å². The first-order valence-electron chi connectivity index (χ1n) is 5.72. The van der Waals surface area contributed by atoms with Crippen molar-refractivity contribution in [3.63, 3.8) is 0 Å². The Bertz CT molecular complexity index is 430. The fourth-order valence-electron chi connectivity index (χ4n) is 0.771. The minimum atomic E-state index is -3.04. The van der Waals surface area contributed by atoms with Gasteiger partial charge >= 0.3 is 5.97 Å². The van der Waals surface area contributed by atoms with Crippen molar-refractivity contribution in [3.05, 3.63) is 29.8 Å². The number of ether oxygens (including phenoxy) is 1. The molecule has 1 aromatic carbocycles. The number of nitrogen functional groups attached to an aromatic ring is 1. The fraction of sp³-hybridized carbons (Fsp3) is 0.222. The lowest BCUT2D eigenvalue weighted by Crippen LogP contribution is -2.04. The second kappa shape index (κ2) is 3.76. The van der Waals surface area contributed by atoms with Crippen LogP contribution >= 0.6 is 0 Å². The first-order valence-corrected chi connectivity index (χ1v) is 3.22. The predicted octanol–water partition coefficient (Wildman–Crippen LogP) is 1.45. The largest absolute Gasteiger partial charge is 0.462 e. The van der Waals surface area contributed by atoms with E-state index in [2.05, 4.69) is 4.74 Å². The molecular formula is C9H11NO2. The molecule has 3 heteroatoms. The van der Waals surface area contributed by atoms with E-state index in [0.717, 1.165) is 0 Å². The third-order valence-corrected chi connectivity index (χ3v) is 1.27. The smallest absolute Gasteiger partial charge is 0.338 e. The van der Waals surface area contributed by atoms with E-state index in [-0.39, 0.29) is 5.56 Å². The van der Waals surface area contributed by atoms with Gasteiger partial charge in [0.1, 0.15) is 0 Å². The van der Waals surface area contributed by atoms with Gasteiger partial charge in [-0.05, 0) is 25.1 Å². The molecule has 0 aliphatic carbocycles. The Hall–Kier alpha value is -1.51. The third-order valence-electron chi connectivity index (χ3n) is 1.27. The molecule has 0 spiro atoms. The normalized spacial score (nSPS) is 17.8. The Morgan fingerprint density at radius 2 is 2.67 bits per heavy atom. The van der Waals surface area contributed by atoms with Gasteiger partial charge in [0.05, 0.1) is 14.9 Å². The molecule has 3 nitrogen and oxygen atoms in total. The number of benzene rings is 1. The topological polar surface area (TPSA) is 52.3 Å². The third kappa shape index (κ3) is 1.99. The number of nitrogens with two attached hydrogens (primary N) is 1. The van der Waals surface area contributed by atoms with Crippen LogP contribution < -0.4 is 5.73 Å². The molecule has 0 radical (unpaired) electrons. The highest BCUT2D eigenvalue weighted by atomic mass is 16.5. The highest BCUT2D eigenvalue weighted by Gasteiger charge is 2.04. The minimum Gasteiger partial charge on any atom is -0.462 e. The lowest BCUT2D eigenvalue weighted by atomic mass is 10.2. The first kappa shape index (κ1) is 3.94. The highest BCUT2D eigenvalue weighted by Crippen LogP contribution is 2.07. The van der Waals surface area contributed by atoms with Crippen molar-refractivity contribution in [1.82, 2.24) is 0 Å². The van der Waals surface area contributed by atoms with Crippen LogP contribution in [0, 0.1) is 0 Å². The van der Waals surface area contributed by atoms with Crippen molar-refractivity contribution in [2.24, 2.45) is 0 Å². The second-order valence-corrected chi connectivity index (χ2v) is 2.12. The molecule has 0 saturated carbocycles. The van der Waals surface area contributed by atoms with Gasteiger partial charge in [-0.15, -0.1) is 0 Å². The minimum absolute atomic E-state index is 0.00174. The van der Waals surface area contributed by atoms with Gasteiger partial charge in [-0.2, -0.15) is 0 Å². The van der Waals surface area contributed by atoms with Gasteiger partial charge in [-0.3, -0.25) is 0 Å². The average molecular weight is 170 g/mol. The van der Waals surface area contributed by atoms with Gasteiger partial charge in [0.15, 0.2) is 0 Å². The molecule has 0 atom stereocenters. The molecule has 0 aliphatic rings. The van der Waals surface area contributed by atoms with E-state index in [9.17, 15) is 4.79 Å². The van der Waals surface area contributed by atoms with Gasteiger partial charge in [0, 0.05) is 9.80 Å². The van der Waals surface area contributed by atoms with E-state index >= 15 is 0 Å². The number of esters is 1. The van der Waals surface area contributed by atoms with Crippen molar-refractivity contribution in [2.75, 3.05) is 12.3 Å². The lowest BCUT2D eigenvalue weighted by molar-refractivity contribution is 0.0526. The molecule has 0 saturated heterocycles. The van der Waals surface area contributed by atoms with Gasteiger partial charge in [0.2, 0.25) is 0 Å². The van der Waals surface area contributed by atoms with Crippen molar-refractivity contribution in [1.29, 1.82) is 0 Å². The summed E-state index contributed by atoms with van der Waals surface area (Å²) in [4.78, 5) is 11.5. The average Bonchev–Trinajstić information content (AvgIpc) is 2.15. The molecule has 0 aliphatic heterocycles. The monoisotopic (exact) mass is 170 g/mol. The van der Waals surface area contributed by atoms with Crippen molar-refractivity contribution in [3.8, 4) is 0 Å². The van der Waals surface area contributed by atoms with Crippen LogP contribution in [0.3, 0.4) is 0 Å². The van der Waals surface area contributed by atoms with Crippen LogP contribution in [0.25, 0.3) is 0 Å². The quantitative estimate of drug-likeness (QED) is 0.539. The zero-order chi connectivity index (χ0) is 13.3. The van der Waals surface area contributed by atoms with Crippen LogP contribution in [0.15, 0.2) is 24.3 Å². The van der Waals surface area contributed by atoms with Gasteiger partial charge in [-0.1, -0.05) is 6.07 Å². The second-order valence-electron chi connectivity index (χ2n) is 2.12. The molecule has 12 heavy (non-hydrogen) atoms. The summed E-state index contributed by atoms with van der Waals surface area (Å²) in [7, 11) is 0. The number of hydrogen-bond acceptors (Lipinski definition) is 3. The zero-order valence-electron chi connectivity index (χ0n) is 11.2. The summed E-state index contributed by atoms with van der Waals surface area (Å²) in [6.45, 7) is -6.07. The Morgan fingerprint density at radius 3 is 3.33 bits per heavy atom. The number of hydrogen-bond donors (Lipinski definition) is 1. The molecule has 0 unspecified atom stereocenters. The van der Waals surface area contributed by atoms with Crippen LogP contribution in [-0.2, 0) is 4.74 Å². The van der Waals surface area contributed by atoms with E-state index in [1.165, 1.54) is 24.3 Å². The van der Waals surface area contributed by atoms with Crippen LogP contribution in [0.5, 0.6) is 0 Å². The van der Waals surface area contributed by atoms with Crippen LogP contribution in [0.1, 0.15) is 24.1 Å². The SMILES string of the molecule is [2H]C([2H])([2H])C([2H])([2H])OC(=O)c1cccc(N)c1. The summed E-state index contributed by atoms with van der Waals surface area (Å²) in [6.07, 6.45) is 0. The summed E-state index contributed by atoms with van der Waals surface area (Å²) in [6, 6.07) is 5.65. The summed E-state index contributed by atoms with van der Waals surface area (Å²) >= 11 is 0. The Balaban J connectivity index is 2.87. The molecule has 0 fully saturated rings. The Morgan fingerprint density at radius 1 is 1.83 bits per heavy atom. The molecule has 1 aromatic rings. The zero-order valence-corrected chi connectivity index (χ0v) is 6.20. The van der Waals surface area contributed by atoms with Crippen molar-refractivity contribution in [2.45, 2.75) is 6.85 Å². The van der Waals surface area contributed by atoms with Crippen LogP contribution in [0.2, 0.25) is 0 Å². The van der Waals surface area contributed by atoms with E-state index in [0.29, 0.717) is 5.69 Å². The summed E-state index contributed by atoms with van der Waals surface area (Å²) in [5.41, 5.74) is 5.73. The number of carbonyl (C=O) groups excluding carboxylic acids is 1. The number of anilines is 1. The van der Waals surface area contributed by atoms with Gasteiger partial charge < -0.3 is 10.5 Å². The molecule has 0 bridgehead atoms. The maximum Gasteiger partial charge on any atom is 0.338 e. The molecule has 0 heterocycles. The van der Waals surface area contributed by atoms with Gasteiger partial charge in [-0.25, -0.2) is 4.79 Å². The maximum atomic E-state index is 11.5. The lowest BCUT2D eigenvalue weighted by Gasteiger charge is -2.01. The Kier molecular flexibility index (Phi) is 1.23. The fourth-order valence-corrected chi connectivity index (χ4v) is 0.771. The van der Waals surface area contributed by atoms with Gasteiger partial charge in [0.25, 0.3) is 0 Å². The van der Waals surface area contributed by atoms with Crippen LogP contribution in [0.4, 0.5) is 5.69 Å². The molecular weight excluding hydrogens is 154 g/mol.